The lowest BCUT2D eigenvalue weighted by molar-refractivity contribution is 0.0952. The fraction of sp³-hybridized carbons (Fsp3) is 0.320. The molecule has 0 aliphatic carbocycles. The largest absolute Gasteiger partial charge is 0.352 e. The van der Waals surface area contributed by atoms with Gasteiger partial charge >= 0.3 is 0 Å². The maximum absolute atomic E-state index is 13.0. The van der Waals surface area contributed by atoms with E-state index in [4.69, 9.17) is 0 Å². The molecule has 1 aromatic heterocycles. The van der Waals surface area contributed by atoms with Crippen molar-refractivity contribution < 1.29 is 4.79 Å². The molecule has 4 nitrogen and oxygen atoms in total. The third kappa shape index (κ3) is 5.48. The topological polar surface area (TPSA) is 54.9 Å². The number of thioether (sulfide) groups is 1. The van der Waals surface area contributed by atoms with E-state index >= 15 is 0 Å². The Morgan fingerprint density at radius 3 is 2.37 bits per heavy atom. The predicted octanol–water partition coefficient (Wildman–Crippen LogP) is 5.66. The number of benzene rings is 2. The van der Waals surface area contributed by atoms with Crippen LogP contribution < -0.4 is 5.32 Å². The van der Waals surface area contributed by atoms with E-state index in [-0.39, 0.29) is 5.91 Å². The quantitative estimate of drug-likeness (QED) is 0.291. The Morgan fingerprint density at radius 2 is 1.73 bits per heavy atom. The number of nitrogens with zero attached hydrogens (tertiary/aromatic N) is 2. The van der Waals surface area contributed by atoms with Gasteiger partial charge in [0, 0.05) is 12.1 Å². The lowest BCUT2D eigenvalue weighted by Crippen LogP contribution is -2.27. The van der Waals surface area contributed by atoms with Crippen LogP contribution in [-0.4, -0.2) is 28.7 Å². The Labute approximate surface area is 183 Å². The highest BCUT2D eigenvalue weighted by atomic mass is 32.2. The number of rotatable bonds is 8. The van der Waals surface area contributed by atoms with Crippen LogP contribution in [0.5, 0.6) is 0 Å². The average Bonchev–Trinajstić information content (AvgIpc) is 2.76. The molecule has 1 amide bonds. The normalized spacial score (nSPS) is 11.0. The number of nitrogens with one attached hydrogen (secondary N) is 1. The zero-order valence-electron chi connectivity index (χ0n) is 18.1. The van der Waals surface area contributed by atoms with Crippen LogP contribution >= 0.6 is 11.8 Å². The van der Waals surface area contributed by atoms with Crippen molar-refractivity contribution >= 4 is 17.7 Å². The summed E-state index contributed by atoms with van der Waals surface area (Å²) in [6, 6.07) is 18.6. The van der Waals surface area contributed by atoms with E-state index in [0.29, 0.717) is 34.6 Å². The molecule has 0 aliphatic heterocycles. The molecule has 0 bridgehead atoms. The van der Waals surface area contributed by atoms with Gasteiger partial charge in [-0.25, -0.2) is 9.97 Å². The summed E-state index contributed by atoms with van der Waals surface area (Å²) < 4.78 is 0. The number of amides is 1. The maximum Gasteiger partial charge on any atom is 0.255 e. The zero-order valence-corrected chi connectivity index (χ0v) is 18.9. The van der Waals surface area contributed by atoms with Crippen LogP contribution in [0.15, 0.2) is 59.8 Å². The van der Waals surface area contributed by atoms with Crippen LogP contribution in [0.25, 0.3) is 11.3 Å². The number of aromatic nitrogens is 2. The first kappa shape index (κ1) is 22.0. The highest BCUT2D eigenvalue weighted by Gasteiger charge is 2.20. The molecule has 3 rings (SSSR count). The number of hydrogen-bond acceptors (Lipinski definition) is 4. The molecule has 3 aromatic rings. The molecule has 0 spiro atoms. The second-order valence-corrected chi connectivity index (χ2v) is 8.41. The van der Waals surface area contributed by atoms with Gasteiger partial charge in [-0.15, -0.1) is 0 Å². The van der Waals surface area contributed by atoms with E-state index < -0.39 is 0 Å². The SMILES string of the molecule is CSc1nc(C)c(C(=O)NCCCc2ccccc2)c(-c2ccc(C(C)C)cc2)n1. The smallest absolute Gasteiger partial charge is 0.255 e. The van der Waals surface area contributed by atoms with Crippen molar-refractivity contribution in [3.05, 3.63) is 77.0 Å². The third-order valence-corrected chi connectivity index (χ3v) is 5.65. The van der Waals surface area contributed by atoms with Crippen LogP contribution in [0.3, 0.4) is 0 Å². The molecule has 1 heterocycles. The molecular weight excluding hydrogens is 390 g/mol. The predicted molar refractivity (Wildman–Crippen MR) is 125 cm³/mol. The third-order valence-electron chi connectivity index (χ3n) is 5.10. The van der Waals surface area contributed by atoms with Gasteiger partial charge in [0.1, 0.15) is 0 Å². The molecule has 1 N–H and O–H groups in total. The molecule has 5 heteroatoms. The van der Waals surface area contributed by atoms with Gasteiger partial charge in [-0.1, -0.05) is 80.2 Å². The summed E-state index contributed by atoms with van der Waals surface area (Å²) >= 11 is 1.49. The lowest BCUT2D eigenvalue weighted by atomic mass is 9.98. The molecule has 0 aliphatic rings. The summed E-state index contributed by atoms with van der Waals surface area (Å²) in [5.74, 6) is 0.344. The number of carbonyl (C=O) groups excluding carboxylic acids is 1. The zero-order chi connectivity index (χ0) is 21.5. The molecular formula is C25H29N3OS. The van der Waals surface area contributed by atoms with Crippen molar-refractivity contribution in [2.75, 3.05) is 12.8 Å². The highest BCUT2D eigenvalue weighted by molar-refractivity contribution is 7.98. The van der Waals surface area contributed by atoms with E-state index in [0.717, 1.165) is 18.4 Å². The minimum atomic E-state index is -0.115. The van der Waals surface area contributed by atoms with Crippen LogP contribution in [0.4, 0.5) is 0 Å². The Balaban J connectivity index is 1.79. The first-order chi connectivity index (χ1) is 14.5. The molecule has 0 radical (unpaired) electrons. The van der Waals surface area contributed by atoms with E-state index in [9.17, 15) is 4.79 Å². The van der Waals surface area contributed by atoms with Crippen LogP contribution in [0.1, 0.15) is 53.4 Å². The summed E-state index contributed by atoms with van der Waals surface area (Å²) in [6.07, 6.45) is 3.77. The Hall–Kier alpha value is -2.66. The average molecular weight is 420 g/mol. The van der Waals surface area contributed by atoms with Crippen LogP contribution in [-0.2, 0) is 6.42 Å². The second kappa shape index (κ2) is 10.4. The monoisotopic (exact) mass is 419 g/mol. The molecule has 0 saturated carbocycles. The maximum atomic E-state index is 13.0. The minimum Gasteiger partial charge on any atom is -0.352 e. The Kier molecular flexibility index (Phi) is 7.63. The molecule has 0 unspecified atom stereocenters. The first-order valence-corrected chi connectivity index (χ1v) is 11.6. The van der Waals surface area contributed by atoms with Gasteiger partial charge < -0.3 is 5.32 Å². The molecule has 156 valence electrons. The van der Waals surface area contributed by atoms with Gasteiger partial charge in [-0.05, 0) is 43.1 Å². The fourth-order valence-corrected chi connectivity index (χ4v) is 3.78. The minimum absolute atomic E-state index is 0.115. The molecule has 0 atom stereocenters. The van der Waals surface area contributed by atoms with Crippen LogP contribution in [0, 0.1) is 6.92 Å². The Morgan fingerprint density at radius 1 is 1.03 bits per heavy atom. The van der Waals surface area contributed by atoms with Crippen molar-refractivity contribution in [3.8, 4) is 11.3 Å². The van der Waals surface area contributed by atoms with Crippen LogP contribution in [0.2, 0.25) is 0 Å². The number of hydrogen-bond donors (Lipinski definition) is 1. The Bertz CT molecular complexity index is 985. The van der Waals surface area contributed by atoms with E-state index in [2.05, 4.69) is 53.4 Å². The van der Waals surface area contributed by atoms with Gasteiger partial charge in [-0.2, -0.15) is 0 Å². The summed E-state index contributed by atoms with van der Waals surface area (Å²) in [5.41, 5.74) is 5.45. The first-order valence-electron chi connectivity index (χ1n) is 10.3. The van der Waals surface area contributed by atoms with Crippen molar-refractivity contribution in [2.45, 2.75) is 44.7 Å². The van der Waals surface area contributed by atoms with Crippen molar-refractivity contribution in [1.29, 1.82) is 0 Å². The van der Waals surface area contributed by atoms with Crippen molar-refractivity contribution in [1.82, 2.24) is 15.3 Å². The highest BCUT2D eigenvalue weighted by Crippen LogP contribution is 2.27. The molecule has 0 fully saturated rings. The van der Waals surface area contributed by atoms with Gasteiger partial charge in [0.2, 0.25) is 0 Å². The number of aryl methyl sites for hydroxylation is 2. The summed E-state index contributed by atoms with van der Waals surface area (Å²) in [6.45, 7) is 6.84. The molecule has 30 heavy (non-hydrogen) atoms. The fourth-order valence-electron chi connectivity index (χ4n) is 3.37. The van der Waals surface area contributed by atoms with Crippen molar-refractivity contribution in [2.24, 2.45) is 0 Å². The van der Waals surface area contributed by atoms with Gasteiger partial charge in [-0.3, -0.25) is 4.79 Å². The van der Waals surface area contributed by atoms with Gasteiger partial charge in [0.05, 0.1) is 17.0 Å². The lowest BCUT2D eigenvalue weighted by Gasteiger charge is -2.14. The van der Waals surface area contributed by atoms with E-state index in [1.165, 1.54) is 22.9 Å². The molecule has 0 saturated heterocycles. The van der Waals surface area contributed by atoms with E-state index in [1.54, 1.807) is 0 Å². The van der Waals surface area contributed by atoms with Crippen molar-refractivity contribution in [3.63, 3.8) is 0 Å². The second-order valence-electron chi connectivity index (χ2n) is 7.64. The summed E-state index contributed by atoms with van der Waals surface area (Å²) in [4.78, 5) is 22.2. The summed E-state index contributed by atoms with van der Waals surface area (Å²) in [7, 11) is 0. The van der Waals surface area contributed by atoms with E-state index in [1.807, 2.05) is 43.5 Å². The molecule has 2 aromatic carbocycles. The van der Waals surface area contributed by atoms with Gasteiger partial charge in [0.25, 0.3) is 5.91 Å². The number of carbonyl (C=O) groups is 1. The van der Waals surface area contributed by atoms with Gasteiger partial charge in [0.15, 0.2) is 5.16 Å². The summed E-state index contributed by atoms with van der Waals surface area (Å²) in [5, 5.41) is 3.74. The standard InChI is InChI=1S/C25H29N3OS/c1-17(2)20-12-14-21(15-13-20)23-22(18(3)27-25(28-23)30-4)24(29)26-16-8-11-19-9-6-5-7-10-19/h5-7,9-10,12-15,17H,8,11,16H2,1-4H3,(H,26,29).